The van der Waals surface area contributed by atoms with E-state index in [0.29, 0.717) is 17.2 Å². The molecule has 1 aliphatic heterocycles. The summed E-state index contributed by atoms with van der Waals surface area (Å²) in [5.41, 5.74) is 1.52. The number of thioether (sulfide) groups is 1. The molecule has 2 aromatic carbocycles. The fourth-order valence-electron chi connectivity index (χ4n) is 2.83. The molecule has 0 radical (unpaired) electrons. The van der Waals surface area contributed by atoms with Crippen molar-refractivity contribution < 1.29 is 18.8 Å². The summed E-state index contributed by atoms with van der Waals surface area (Å²) in [7, 11) is 0. The zero-order valence-electron chi connectivity index (χ0n) is 15.5. The van der Waals surface area contributed by atoms with E-state index in [1.807, 2.05) is 36.4 Å². The van der Waals surface area contributed by atoms with Crippen LogP contribution in [-0.2, 0) is 9.59 Å². The van der Waals surface area contributed by atoms with Crippen molar-refractivity contribution in [1.82, 2.24) is 4.90 Å². The summed E-state index contributed by atoms with van der Waals surface area (Å²) in [5, 5.41) is 2.18. The first-order chi connectivity index (χ1) is 14.5. The maximum absolute atomic E-state index is 12.6. The summed E-state index contributed by atoms with van der Waals surface area (Å²) in [4.78, 5) is 38.2. The predicted octanol–water partition coefficient (Wildman–Crippen LogP) is 5.23. The lowest BCUT2D eigenvalue weighted by Crippen LogP contribution is -2.36. The van der Waals surface area contributed by atoms with E-state index in [1.165, 1.54) is 6.08 Å². The molecule has 0 spiro atoms. The van der Waals surface area contributed by atoms with E-state index in [1.54, 1.807) is 30.3 Å². The molecule has 6 nitrogen and oxygen atoms in total. The predicted molar refractivity (Wildman–Crippen MR) is 125 cm³/mol. The molecule has 1 aliphatic rings. The number of furan rings is 1. The standard InChI is InChI=1S/C22H15IN2O4S/c23-15-8-6-14(7-9-15)18-11-10-17(29-18)12-19-21(27)25(22(28)30-19)13-20(26)24-16-4-2-1-3-5-16/h1-12H,13H2,(H,24,26)/b19-12-. The van der Waals surface area contributed by atoms with Crippen molar-refractivity contribution in [3.05, 3.63) is 81.0 Å². The molecule has 8 heteroatoms. The number of para-hydroxylation sites is 1. The van der Waals surface area contributed by atoms with Gasteiger partial charge < -0.3 is 9.73 Å². The van der Waals surface area contributed by atoms with Gasteiger partial charge in [-0.3, -0.25) is 19.3 Å². The van der Waals surface area contributed by atoms with Crippen molar-refractivity contribution in [2.24, 2.45) is 0 Å². The van der Waals surface area contributed by atoms with Crippen LogP contribution in [0.4, 0.5) is 10.5 Å². The summed E-state index contributed by atoms with van der Waals surface area (Å²) in [5.74, 6) is 0.172. The van der Waals surface area contributed by atoms with Crippen molar-refractivity contribution in [2.45, 2.75) is 0 Å². The number of halogens is 1. The number of benzene rings is 2. The molecule has 2 heterocycles. The third-order valence-corrected chi connectivity index (χ3v) is 5.89. The van der Waals surface area contributed by atoms with Gasteiger partial charge in [-0.15, -0.1) is 0 Å². The van der Waals surface area contributed by atoms with Gasteiger partial charge in [0.1, 0.15) is 18.1 Å². The normalized spacial score (nSPS) is 15.1. The minimum absolute atomic E-state index is 0.219. The van der Waals surface area contributed by atoms with E-state index in [4.69, 9.17) is 4.42 Å². The number of carbonyl (C=O) groups is 3. The fraction of sp³-hybridized carbons (Fsp3) is 0.0455. The highest BCUT2D eigenvalue weighted by Gasteiger charge is 2.36. The number of amides is 3. The zero-order valence-corrected chi connectivity index (χ0v) is 18.5. The fourth-order valence-corrected chi connectivity index (χ4v) is 4.01. The van der Waals surface area contributed by atoms with Crippen LogP contribution in [0.3, 0.4) is 0 Å². The monoisotopic (exact) mass is 530 g/mol. The number of nitrogens with zero attached hydrogens (tertiary/aromatic N) is 1. The molecular weight excluding hydrogens is 515 g/mol. The first-order valence-electron chi connectivity index (χ1n) is 8.95. The quantitative estimate of drug-likeness (QED) is 0.361. The van der Waals surface area contributed by atoms with Crippen molar-refractivity contribution in [1.29, 1.82) is 0 Å². The Hall–Kier alpha value is -2.85. The third-order valence-electron chi connectivity index (χ3n) is 4.26. The Morgan fingerprint density at radius 1 is 1.03 bits per heavy atom. The van der Waals surface area contributed by atoms with Crippen molar-refractivity contribution >= 4 is 63.2 Å². The molecule has 1 N–H and O–H groups in total. The van der Waals surface area contributed by atoms with Crippen LogP contribution < -0.4 is 5.32 Å². The molecule has 1 aromatic heterocycles. The molecule has 3 amide bonds. The zero-order chi connectivity index (χ0) is 21.1. The highest BCUT2D eigenvalue weighted by molar-refractivity contribution is 14.1. The summed E-state index contributed by atoms with van der Waals surface area (Å²) >= 11 is 3.02. The molecule has 0 atom stereocenters. The van der Waals surface area contributed by atoms with Crippen LogP contribution in [-0.4, -0.2) is 28.5 Å². The molecule has 0 aliphatic carbocycles. The Bertz CT molecular complexity index is 1140. The Labute approximate surface area is 190 Å². The average Bonchev–Trinajstić information content (AvgIpc) is 3.30. The molecule has 150 valence electrons. The number of nitrogens with one attached hydrogen (secondary N) is 1. The average molecular weight is 530 g/mol. The van der Waals surface area contributed by atoms with E-state index in [2.05, 4.69) is 27.9 Å². The molecule has 0 bridgehead atoms. The Balaban J connectivity index is 1.45. The van der Waals surface area contributed by atoms with E-state index < -0.39 is 17.1 Å². The Morgan fingerprint density at radius 2 is 1.77 bits per heavy atom. The van der Waals surface area contributed by atoms with Gasteiger partial charge >= 0.3 is 0 Å². The highest BCUT2D eigenvalue weighted by atomic mass is 127. The van der Waals surface area contributed by atoms with Crippen LogP contribution in [0, 0.1) is 3.57 Å². The number of hydrogen-bond acceptors (Lipinski definition) is 5. The van der Waals surface area contributed by atoms with Gasteiger partial charge in [0, 0.05) is 20.9 Å². The molecule has 0 unspecified atom stereocenters. The second-order valence-corrected chi connectivity index (χ2v) is 8.63. The van der Waals surface area contributed by atoms with Gasteiger partial charge in [0.2, 0.25) is 5.91 Å². The van der Waals surface area contributed by atoms with Gasteiger partial charge in [0.05, 0.1) is 4.91 Å². The number of imide groups is 1. The summed E-state index contributed by atoms with van der Waals surface area (Å²) in [6.45, 7) is -0.344. The van der Waals surface area contributed by atoms with Gasteiger partial charge in [-0.2, -0.15) is 0 Å². The van der Waals surface area contributed by atoms with Gasteiger partial charge in [-0.25, -0.2) is 0 Å². The second kappa shape index (κ2) is 8.88. The van der Waals surface area contributed by atoms with Crippen LogP contribution in [0.5, 0.6) is 0 Å². The Kier molecular flexibility index (Phi) is 6.05. The lowest BCUT2D eigenvalue weighted by atomic mass is 10.2. The van der Waals surface area contributed by atoms with Gasteiger partial charge in [-0.1, -0.05) is 30.3 Å². The minimum Gasteiger partial charge on any atom is -0.457 e. The van der Waals surface area contributed by atoms with Crippen LogP contribution in [0.15, 0.2) is 76.1 Å². The first-order valence-corrected chi connectivity index (χ1v) is 10.9. The smallest absolute Gasteiger partial charge is 0.294 e. The van der Waals surface area contributed by atoms with E-state index in [-0.39, 0.29) is 11.4 Å². The van der Waals surface area contributed by atoms with Crippen molar-refractivity contribution in [2.75, 3.05) is 11.9 Å². The van der Waals surface area contributed by atoms with Gasteiger partial charge in [0.15, 0.2) is 0 Å². The van der Waals surface area contributed by atoms with Crippen LogP contribution in [0.1, 0.15) is 5.76 Å². The maximum Gasteiger partial charge on any atom is 0.294 e. The minimum atomic E-state index is -0.513. The summed E-state index contributed by atoms with van der Waals surface area (Å²) in [6, 6.07) is 20.3. The van der Waals surface area contributed by atoms with Crippen LogP contribution in [0.2, 0.25) is 0 Å². The lowest BCUT2D eigenvalue weighted by molar-refractivity contribution is -0.127. The van der Waals surface area contributed by atoms with Gasteiger partial charge in [-0.05, 0) is 70.8 Å². The molecule has 1 fully saturated rings. The lowest BCUT2D eigenvalue weighted by Gasteiger charge is -2.12. The molecular formula is C22H15IN2O4S. The second-order valence-electron chi connectivity index (χ2n) is 6.39. The van der Waals surface area contributed by atoms with E-state index in [0.717, 1.165) is 25.8 Å². The van der Waals surface area contributed by atoms with Crippen molar-refractivity contribution in [3.8, 4) is 11.3 Å². The molecule has 3 aromatic rings. The number of rotatable bonds is 5. The molecule has 0 saturated carbocycles. The number of hydrogen-bond donors (Lipinski definition) is 1. The third kappa shape index (κ3) is 4.65. The van der Waals surface area contributed by atoms with E-state index >= 15 is 0 Å². The van der Waals surface area contributed by atoms with Crippen molar-refractivity contribution in [3.63, 3.8) is 0 Å². The molecule has 1 saturated heterocycles. The summed E-state index contributed by atoms with van der Waals surface area (Å²) in [6.07, 6.45) is 1.52. The highest BCUT2D eigenvalue weighted by Crippen LogP contribution is 2.33. The van der Waals surface area contributed by atoms with E-state index in [9.17, 15) is 14.4 Å². The topological polar surface area (TPSA) is 79.6 Å². The maximum atomic E-state index is 12.6. The SMILES string of the molecule is O=C(CN1C(=O)S/C(=C\c2ccc(-c3ccc(I)cc3)o2)C1=O)Nc1ccccc1. The summed E-state index contributed by atoms with van der Waals surface area (Å²) < 4.78 is 6.92. The Morgan fingerprint density at radius 3 is 2.50 bits per heavy atom. The number of anilines is 1. The molecule has 4 rings (SSSR count). The van der Waals surface area contributed by atoms with Gasteiger partial charge in [0.25, 0.3) is 11.1 Å². The molecule has 30 heavy (non-hydrogen) atoms. The van der Waals surface area contributed by atoms with Crippen LogP contribution in [0.25, 0.3) is 17.4 Å². The first kappa shape index (κ1) is 20.4. The number of carbonyl (C=O) groups excluding carboxylic acids is 3. The largest absolute Gasteiger partial charge is 0.457 e. The van der Waals surface area contributed by atoms with Crippen LogP contribution >= 0.6 is 34.4 Å².